The van der Waals surface area contributed by atoms with Crippen LogP contribution in [-0.2, 0) is 0 Å². The quantitative estimate of drug-likeness (QED) is 0.706. The molecule has 3 heteroatoms. The largest absolute Gasteiger partial charge is 0.252 e. The molecule has 3 rings (SSSR count). The van der Waals surface area contributed by atoms with Gasteiger partial charge >= 0.3 is 0 Å². The number of aromatic nitrogens is 1. The van der Waals surface area contributed by atoms with Crippen molar-refractivity contribution in [2.75, 3.05) is 0 Å². The number of pyridine rings is 1. The molecule has 1 fully saturated rings. The molecule has 2 aromatic rings. The molecule has 1 aliphatic rings. The number of benzene rings is 1. The van der Waals surface area contributed by atoms with Gasteiger partial charge in [-0.15, -0.1) is 0 Å². The highest BCUT2D eigenvalue weighted by Crippen LogP contribution is 2.36. The van der Waals surface area contributed by atoms with Crippen LogP contribution in [0.15, 0.2) is 18.2 Å². The number of hydrogen-bond donors (Lipinski definition) is 0. The molecule has 0 aliphatic heterocycles. The molecule has 0 spiro atoms. The zero-order valence-corrected chi connectivity index (χ0v) is 11.1. The topological polar surface area (TPSA) is 12.9 Å². The molecule has 0 amide bonds. The van der Waals surface area contributed by atoms with Gasteiger partial charge in [0.2, 0.25) is 0 Å². The van der Waals surface area contributed by atoms with Crippen molar-refractivity contribution in [3.8, 4) is 0 Å². The Morgan fingerprint density at radius 3 is 2.67 bits per heavy atom. The fraction of sp³-hybridized carbons (Fsp3) is 0.400. The van der Waals surface area contributed by atoms with Crippen LogP contribution in [0.25, 0.3) is 10.9 Å². The summed E-state index contributed by atoms with van der Waals surface area (Å²) in [6, 6.07) is 4.95. The molecule has 0 unspecified atom stereocenters. The Balaban J connectivity index is 2.19. The maximum Gasteiger partial charge on any atom is 0.125 e. The second-order valence-electron chi connectivity index (χ2n) is 5.13. The van der Waals surface area contributed by atoms with E-state index < -0.39 is 0 Å². The van der Waals surface area contributed by atoms with Gasteiger partial charge in [0.05, 0.1) is 10.5 Å². The van der Waals surface area contributed by atoms with E-state index in [1.54, 1.807) is 0 Å². The lowest BCUT2D eigenvalue weighted by molar-refractivity contribution is 0.628. The highest BCUT2D eigenvalue weighted by atomic mass is 35.5. The first-order valence-corrected chi connectivity index (χ1v) is 6.79. The molecule has 1 aromatic carbocycles. The molecular weight excluding hydrogens is 249 g/mol. The molecule has 1 heterocycles. The van der Waals surface area contributed by atoms with E-state index in [1.165, 1.54) is 37.8 Å². The molecule has 0 atom stereocenters. The lowest BCUT2D eigenvalue weighted by Crippen LogP contribution is -1.98. The first-order valence-electron chi connectivity index (χ1n) is 6.41. The van der Waals surface area contributed by atoms with Crippen molar-refractivity contribution in [3.63, 3.8) is 0 Å². The van der Waals surface area contributed by atoms with Crippen LogP contribution < -0.4 is 0 Å². The van der Waals surface area contributed by atoms with E-state index >= 15 is 0 Å². The number of fused-ring (bicyclic) bond motifs is 1. The number of hydrogen-bond acceptors (Lipinski definition) is 1. The van der Waals surface area contributed by atoms with Crippen molar-refractivity contribution in [1.82, 2.24) is 4.98 Å². The third-order valence-corrected chi connectivity index (χ3v) is 4.11. The molecule has 1 aromatic heterocycles. The predicted molar refractivity (Wildman–Crippen MR) is 72.7 cm³/mol. The van der Waals surface area contributed by atoms with Crippen LogP contribution in [0.3, 0.4) is 0 Å². The van der Waals surface area contributed by atoms with Gasteiger partial charge < -0.3 is 0 Å². The zero-order valence-electron chi connectivity index (χ0n) is 10.3. The summed E-state index contributed by atoms with van der Waals surface area (Å²) in [7, 11) is 0. The molecule has 0 N–H and O–H groups in total. The first-order chi connectivity index (χ1) is 8.65. The predicted octanol–water partition coefficient (Wildman–Crippen LogP) is 4.99. The van der Waals surface area contributed by atoms with Gasteiger partial charge in [0.25, 0.3) is 0 Å². The van der Waals surface area contributed by atoms with Gasteiger partial charge in [-0.05, 0) is 37.5 Å². The molecule has 0 bridgehead atoms. The highest BCUT2D eigenvalue weighted by Gasteiger charge is 2.20. The SMILES string of the molecule is Cc1cc(F)cc2nc(C3CCCC3)cc(Cl)c12. The summed E-state index contributed by atoms with van der Waals surface area (Å²) < 4.78 is 13.5. The van der Waals surface area contributed by atoms with Crippen LogP contribution in [0.4, 0.5) is 4.39 Å². The maximum absolute atomic E-state index is 13.5. The molecule has 94 valence electrons. The van der Waals surface area contributed by atoms with Crippen molar-refractivity contribution in [3.05, 3.63) is 40.3 Å². The molecule has 0 saturated heterocycles. The Labute approximate surface area is 111 Å². The van der Waals surface area contributed by atoms with Crippen LogP contribution in [0.1, 0.15) is 42.9 Å². The van der Waals surface area contributed by atoms with Gasteiger partial charge in [-0.1, -0.05) is 24.4 Å². The van der Waals surface area contributed by atoms with Crippen molar-refractivity contribution < 1.29 is 4.39 Å². The summed E-state index contributed by atoms with van der Waals surface area (Å²) >= 11 is 6.34. The monoisotopic (exact) mass is 263 g/mol. The third kappa shape index (κ3) is 1.99. The Kier molecular flexibility index (Phi) is 2.98. The molecule has 1 nitrogen and oxygen atoms in total. The van der Waals surface area contributed by atoms with Gasteiger partial charge in [-0.3, -0.25) is 4.98 Å². The van der Waals surface area contributed by atoms with E-state index in [-0.39, 0.29) is 5.82 Å². The lowest BCUT2D eigenvalue weighted by Gasteiger charge is -2.12. The minimum Gasteiger partial charge on any atom is -0.252 e. The van der Waals surface area contributed by atoms with Crippen LogP contribution in [0, 0.1) is 12.7 Å². The minimum absolute atomic E-state index is 0.243. The maximum atomic E-state index is 13.5. The molecule has 0 radical (unpaired) electrons. The summed E-state index contributed by atoms with van der Waals surface area (Å²) in [5.74, 6) is 0.252. The number of rotatable bonds is 1. The van der Waals surface area contributed by atoms with Gasteiger partial charge in [0.15, 0.2) is 0 Å². The van der Waals surface area contributed by atoms with Crippen molar-refractivity contribution in [1.29, 1.82) is 0 Å². The number of nitrogens with zero attached hydrogens (tertiary/aromatic N) is 1. The van der Waals surface area contributed by atoms with Gasteiger partial charge in [-0.25, -0.2) is 4.39 Å². The fourth-order valence-corrected chi connectivity index (χ4v) is 3.29. The highest BCUT2D eigenvalue weighted by molar-refractivity contribution is 6.35. The summed E-state index contributed by atoms with van der Waals surface area (Å²) in [6.45, 7) is 1.87. The zero-order chi connectivity index (χ0) is 12.7. The van der Waals surface area contributed by atoms with Gasteiger partial charge in [-0.2, -0.15) is 0 Å². The summed E-state index contributed by atoms with van der Waals surface area (Å²) in [4.78, 5) is 4.62. The molecule has 1 saturated carbocycles. The van der Waals surface area contributed by atoms with Crippen LogP contribution in [-0.4, -0.2) is 4.98 Å². The standard InChI is InChI=1S/C15H15ClFN/c1-9-6-11(17)7-14-15(9)12(16)8-13(18-14)10-4-2-3-5-10/h6-8,10H,2-5H2,1H3. The second kappa shape index (κ2) is 4.51. The molecule has 1 aliphatic carbocycles. The third-order valence-electron chi connectivity index (χ3n) is 3.82. The average molecular weight is 264 g/mol. The van der Waals surface area contributed by atoms with Crippen LogP contribution in [0.5, 0.6) is 0 Å². The van der Waals surface area contributed by atoms with Crippen molar-refractivity contribution in [2.45, 2.75) is 38.5 Å². The van der Waals surface area contributed by atoms with E-state index in [0.717, 1.165) is 16.6 Å². The lowest BCUT2D eigenvalue weighted by atomic mass is 10.0. The Morgan fingerprint density at radius 1 is 1.22 bits per heavy atom. The van der Waals surface area contributed by atoms with E-state index in [1.807, 2.05) is 13.0 Å². The summed E-state index contributed by atoms with van der Waals surface area (Å²) in [5.41, 5.74) is 2.55. The van der Waals surface area contributed by atoms with E-state index in [2.05, 4.69) is 4.98 Å². The first kappa shape index (κ1) is 11.9. The second-order valence-corrected chi connectivity index (χ2v) is 5.53. The molecular formula is C15H15ClFN. The number of aryl methyl sites for hydroxylation is 1. The van der Waals surface area contributed by atoms with Crippen LogP contribution in [0.2, 0.25) is 5.02 Å². The fourth-order valence-electron chi connectivity index (χ4n) is 2.93. The summed E-state index contributed by atoms with van der Waals surface area (Å²) in [6.07, 6.45) is 4.85. The Morgan fingerprint density at radius 2 is 1.94 bits per heavy atom. The Hall–Kier alpha value is -1.15. The van der Waals surface area contributed by atoms with Gasteiger partial charge in [0, 0.05) is 23.1 Å². The van der Waals surface area contributed by atoms with E-state index in [4.69, 9.17) is 11.6 Å². The molecule has 18 heavy (non-hydrogen) atoms. The summed E-state index contributed by atoms with van der Waals surface area (Å²) in [5, 5.41) is 1.57. The number of halogens is 2. The van der Waals surface area contributed by atoms with Gasteiger partial charge in [0.1, 0.15) is 5.82 Å². The minimum atomic E-state index is -0.243. The average Bonchev–Trinajstić information content (AvgIpc) is 2.80. The Bertz CT molecular complexity index is 603. The smallest absolute Gasteiger partial charge is 0.125 e. The van der Waals surface area contributed by atoms with Crippen LogP contribution >= 0.6 is 11.6 Å². The van der Waals surface area contributed by atoms with E-state index in [9.17, 15) is 4.39 Å². The van der Waals surface area contributed by atoms with E-state index in [0.29, 0.717) is 16.5 Å². The van der Waals surface area contributed by atoms with Crippen molar-refractivity contribution >= 4 is 22.5 Å². The van der Waals surface area contributed by atoms with Crippen molar-refractivity contribution in [2.24, 2.45) is 0 Å². The normalized spacial score (nSPS) is 16.6.